The first kappa shape index (κ1) is 20.9. The first-order chi connectivity index (χ1) is 15.0. The normalized spacial score (nSPS) is 19.2. The maximum Gasteiger partial charge on any atom is 0.262 e. The fourth-order valence-corrected chi connectivity index (χ4v) is 4.73. The van der Waals surface area contributed by atoms with Gasteiger partial charge in [0.2, 0.25) is 0 Å². The molecule has 0 saturated heterocycles. The molecule has 4 nitrogen and oxygen atoms in total. The lowest BCUT2D eigenvalue weighted by molar-refractivity contribution is -0.118. The van der Waals surface area contributed by atoms with E-state index < -0.39 is 0 Å². The van der Waals surface area contributed by atoms with Gasteiger partial charge >= 0.3 is 0 Å². The molecule has 1 saturated carbocycles. The van der Waals surface area contributed by atoms with Crippen molar-refractivity contribution in [2.45, 2.75) is 52.5 Å². The second kappa shape index (κ2) is 8.81. The summed E-state index contributed by atoms with van der Waals surface area (Å²) >= 11 is 0. The molecule has 1 aliphatic carbocycles. The summed E-state index contributed by atoms with van der Waals surface area (Å²) in [6.45, 7) is 6.26. The average Bonchev–Trinajstić information content (AvgIpc) is 3.06. The highest BCUT2D eigenvalue weighted by molar-refractivity contribution is 6.02. The van der Waals surface area contributed by atoms with Gasteiger partial charge in [-0.25, -0.2) is 0 Å². The van der Waals surface area contributed by atoms with Crippen LogP contribution in [0.1, 0.15) is 49.6 Å². The van der Waals surface area contributed by atoms with Crippen LogP contribution in [0.4, 0.5) is 0 Å². The summed E-state index contributed by atoms with van der Waals surface area (Å²) in [6.07, 6.45) is 6.19. The van der Waals surface area contributed by atoms with Crippen molar-refractivity contribution in [3.8, 4) is 11.8 Å². The number of nitriles is 1. The molecule has 3 aromatic rings. The highest BCUT2D eigenvalue weighted by Gasteiger charge is 2.24. The third-order valence-corrected chi connectivity index (χ3v) is 6.55. The predicted octanol–water partition coefficient (Wildman–Crippen LogP) is 5.85. The van der Waals surface area contributed by atoms with Crippen LogP contribution in [-0.4, -0.2) is 16.5 Å². The van der Waals surface area contributed by atoms with Crippen LogP contribution in [0.15, 0.2) is 54.1 Å². The minimum absolute atomic E-state index is 0.156. The number of carbonyl (C=O) groups excluding carboxylic acids is 1. The third kappa shape index (κ3) is 4.27. The molecule has 4 heteroatoms. The van der Waals surface area contributed by atoms with Crippen LogP contribution in [0.5, 0.6) is 0 Å². The number of aromatic nitrogens is 1. The number of nitrogens with zero attached hydrogens (tertiary/aromatic N) is 2. The van der Waals surface area contributed by atoms with E-state index in [2.05, 4.69) is 60.1 Å². The van der Waals surface area contributed by atoms with Crippen LogP contribution in [0, 0.1) is 31.1 Å². The van der Waals surface area contributed by atoms with Crippen LogP contribution in [-0.2, 0) is 4.79 Å². The van der Waals surface area contributed by atoms with Gasteiger partial charge in [-0.3, -0.25) is 4.79 Å². The van der Waals surface area contributed by atoms with E-state index in [1.165, 1.54) is 17.2 Å². The number of nitrogens with one attached hydrogen (secondary N) is 1. The summed E-state index contributed by atoms with van der Waals surface area (Å²) in [5, 5.41) is 15.2. The fourth-order valence-electron chi connectivity index (χ4n) is 4.73. The maximum atomic E-state index is 12.8. The van der Waals surface area contributed by atoms with Gasteiger partial charge in [0.25, 0.3) is 5.91 Å². The van der Waals surface area contributed by atoms with Gasteiger partial charge in [-0.15, -0.1) is 0 Å². The summed E-state index contributed by atoms with van der Waals surface area (Å²) in [5.41, 5.74) is 4.22. The summed E-state index contributed by atoms with van der Waals surface area (Å²) in [6, 6.07) is 19.0. The molecule has 1 N–H and O–H groups in total. The molecule has 0 radical (unpaired) electrons. The van der Waals surface area contributed by atoms with E-state index in [4.69, 9.17) is 0 Å². The highest BCUT2D eigenvalue weighted by atomic mass is 16.1. The van der Waals surface area contributed by atoms with Crippen molar-refractivity contribution >= 4 is 22.8 Å². The van der Waals surface area contributed by atoms with Crippen molar-refractivity contribution in [1.82, 2.24) is 9.88 Å². The van der Waals surface area contributed by atoms with E-state index in [1.54, 1.807) is 6.08 Å². The molecule has 1 fully saturated rings. The molecule has 1 aliphatic rings. The average molecular weight is 412 g/mol. The Morgan fingerprint density at radius 2 is 1.84 bits per heavy atom. The number of benzene rings is 2. The summed E-state index contributed by atoms with van der Waals surface area (Å²) in [7, 11) is 0. The zero-order valence-electron chi connectivity index (χ0n) is 18.5. The molecular weight excluding hydrogens is 382 g/mol. The van der Waals surface area contributed by atoms with E-state index in [9.17, 15) is 10.1 Å². The number of hydrogen-bond acceptors (Lipinski definition) is 2. The maximum absolute atomic E-state index is 12.8. The SMILES string of the molecule is Cc1cc(/C=C(\C#N)C(=O)N[C@H]2CCCC[C@H]2C)c(C)n1-c1ccc2ccccc2c1. The molecule has 1 heterocycles. The van der Waals surface area contributed by atoms with Crippen LogP contribution in [0.25, 0.3) is 22.5 Å². The van der Waals surface area contributed by atoms with E-state index in [0.29, 0.717) is 5.92 Å². The minimum Gasteiger partial charge on any atom is -0.348 e. The number of carbonyl (C=O) groups is 1. The summed E-state index contributed by atoms with van der Waals surface area (Å²) in [5.74, 6) is 0.187. The minimum atomic E-state index is -0.267. The zero-order chi connectivity index (χ0) is 22.0. The lowest BCUT2D eigenvalue weighted by Crippen LogP contribution is -2.41. The number of hydrogen-bond donors (Lipinski definition) is 1. The van der Waals surface area contributed by atoms with Gasteiger partial charge in [-0.2, -0.15) is 5.26 Å². The Balaban J connectivity index is 1.64. The van der Waals surface area contributed by atoms with Gasteiger partial charge in [0.05, 0.1) is 0 Å². The number of aryl methyl sites for hydroxylation is 1. The van der Waals surface area contributed by atoms with Crippen molar-refractivity contribution in [3.05, 3.63) is 71.1 Å². The Hall–Kier alpha value is -3.32. The molecular formula is C27H29N3O. The second-order valence-electron chi connectivity index (χ2n) is 8.70. The van der Waals surface area contributed by atoms with Crippen molar-refractivity contribution in [3.63, 3.8) is 0 Å². The van der Waals surface area contributed by atoms with Crippen molar-refractivity contribution in [2.24, 2.45) is 5.92 Å². The monoisotopic (exact) mass is 411 g/mol. The smallest absolute Gasteiger partial charge is 0.262 e. The molecule has 158 valence electrons. The zero-order valence-corrected chi connectivity index (χ0v) is 18.5. The van der Waals surface area contributed by atoms with Crippen LogP contribution < -0.4 is 5.32 Å². The third-order valence-electron chi connectivity index (χ3n) is 6.55. The number of rotatable bonds is 4. The first-order valence-corrected chi connectivity index (χ1v) is 11.1. The fraction of sp³-hybridized carbons (Fsp3) is 0.333. The molecule has 0 aliphatic heterocycles. The van der Waals surface area contributed by atoms with Crippen LogP contribution in [0.2, 0.25) is 0 Å². The summed E-state index contributed by atoms with van der Waals surface area (Å²) < 4.78 is 2.17. The Kier molecular flexibility index (Phi) is 5.95. The van der Waals surface area contributed by atoms with E-state index >= 15 is 0 Å². The standard InChI is InChI=1S/C27H29N3O/c1-18-8-4-7-11-26(18)29-27(31)24(17-28)15-23-14-19(2)30(20(23)3)25-13-12-21-9-5-6-10-22(21)16-25/h5-6,9-10,12-16,18,26H,4,7-8,11H2,1-3H3,(H,29,31)/b24-15+/t18-,26+/m1/s1. The molecule has 0 bridgehead atoms. The van der Waals surface area contributed by atoms with Crippen molar-refractivity contribution in [1.29, 1.82) is 5.26 Å². The Morgan fingerprint density at radius 1 is 1.10 bits per heavy atom. The first-order valence-electron chi connectivity index (χ1n) is 11.1. The highest BCUT2D eigenvalue weighted by Crippen LogP contribution is 2.27. The van der Waals surface area contributed by atoms with Gasteiger partial charge in [-0.05, 0) is 73.2 Å². The molecule has 0 unspecified atom stereocenters. The molecule has 1 aromatic heterocycles. The number of fused-ring (bicyclic) bond motifs is 1. The van der Waals surface area contributed by atoms with Gasteiger partial charge < -0.3 is 9.88 Å². The van der Waals surface area contributed by atoms with Gasteiger partial charge in [0, 0.05) is 23.1 Å². The Labute approximate surface area is 184 Å². The molecule has 31 heavy (non-hydrogen) atoms. The topological polar surface area (TPSA) is 57.8 Å². The van der Waals surface area contributed by atoms with Crippen molar-refractivity contribution < 1.29 is 4.79 Å². The van der Waals surface area contributed by atoms with E-state index in [-0.39, 0.29) is 17.5 Å². The van der Waals surface area contributed by atoms with Gasteiger partial charge in [-0.1, -0.05) is 50.1 Å². The van der Waals surface area contributed by atoms with Crippen LogP contribution >= 0.6 is 0 Å². The van der Waals surface area contributed by atoms with E-state index in [1.807, 2.05) is 25.1 Å². The number of amides is 1. The van der Waals surface area contributed by atoms with E-state index in [0.717, 1.165) is 41.9 Å². The summed E-state index contributed by atoms with van der Waals surface area (Å²) in [4.78, 5) is 12.8. The van der Waals surface area contributed by atoms with Gasteiger partial charge in [0.15, 0.2) is 0 Å². The molecule has 1 amide bonds. The quantitative estimate of drug-likeness (QED) is 0.432. The lowest BCUT2D eigenvalue weighted by atomic mass is 9.86. The van der Waals surface area contributed by atoms with Gasteiger partial charge in [0.1, 0.15) is 11.6 Å². The molecule has 4 rings (SSSR count). The van der Waals surface area contributed by atoms with Crippen LogP contribution in [0.3, 0.4) is 0 Å². The lowest BCUT2D eigenvalue weighted by Gasteiger charge is -2.29. The molecule has 2 aromatic carbocycles. The Morgan fingerprint density at radius 3 is 2.58 bits per heavy atom. The predicted molar refractivity (Wildman–Crippen MR) is 126 cm³/mol. The molecule has 2 atom stereocenters. The largest absolute Gasteiger partial charge is 0.348 e. The Bertz CT molecular complexity index is 1190. The second-order valence-corrected chi connectivity index (χ2v) is 8.70. The molecule has 0 spiro atoms. The van der Waals surface area contributed by atoms with Crippen molar-refractivity contribution in [2.75, 3.05) is 0 Å².